The smallest absolute Gasteiger partial charge is 0.273 e. The van der Waals surface area contributed by atoms with E-state index in [4.69, 9.17) is 19.6 Å². The van der Waals surface area contributed by atoms with Gasteiger partial charge in [0.25, 0.3) is 5.91 Å². The molecule has 2 aromatic carbocycles. The minimum Gasteiger partial charge on any atom is -0.493 e. The van der Waals surface area contributed by atoms with Gasteiger partial charge in [-0.05, 0) is 30.3 Å². The topological polar surface area (TPSA) is 99.6 Å². The van der Waals surface area contributed by atoms with Gasteiger partial charge in [0, 0.05) is 23.4 Å². The number of benzene rings is 2. The largest absolute Gasteiger partial charge is 0.493 e. The van der Waals surface area contributed by atoms with Crippen molar-refractivity contribution in [1.82, 2.24) is 10.3 Å². The Hall–Kier alpha value is -3.48. The lowest BCUT2D eigenvalue weighted by atomic mass is 10.2. The fraction of sp³-hybridized carbons (Fsp3) is 0.158. The van der Waals surface area contributed by atoms with Crippen LogP contribution in [0.4, 0.5) is 5.69 Å². The van der Waals surface area contributed by atoms with E-state index in [-0.39, 0.29) is 18.1 Å². The van der Waals surface area contributed by atoms with E-state index in [0.29, 0.717) is 23.1 Å². The summed E-state index contributed by atoms with van der Waals surface area (Å²) in [6, 6.07) is 12.5. The molecule has 3 rings (SSSR count). The number of anilines is 1. The Bertz CT molecular complexity index is 903. The molecule has 0 fully saturated rings. The van der Waals surface area contributed by atoms with E-state index < -0.39 is 0 Å². The van der Waals surface area contributed by atoms with Gasteiger partial charge in [0.05, 0.1) is 14.2 Å². The molecule has 3 N–H and O–H groups in total. The predicted molar refractivity (Wildman–Crippen MR) is 97.1 cm³/mol. The van der Waals surface area contributed by atoms with E-state index in [1.54, 1.807) is 44.6 Å². The SMILES string of the molecule is COc1cccc(CNC(=O)c2coc(-c3ccc(N)cc3)n2)c1OC. The van der Waals surface area contributed by atoms with Gasteiger partial charge in [0.15, 0.2) is 17.2 Å². The number of oxazole rings is 1. The molecular formula is C19H19N3O4. The number of amides is 1. The lowest BCUT2D eigenvalue weighted by molar-refractivity contribution is 0.0945. The number of nitrogen functional groups attached to an aromatic ring is 1. The standard InChI is InChI=1S/C19H19N3O4/c1-24-16-5-3-4-13(17(16)25-2)10-21-18(23)15-11-26-19(22-15)12-6-8-14(20)9-7-12/h3-9,11H,10,20H2,1-2H3,(H,21,23). The molecule has 7 heteroatoms. The van der Waals surface area contributed by atoms with Crippen LogP contribution < -0.4 is 20.5 Å². The first-order valence-electron chi connectivity index (χ1n) is 7.92. The Morgan fingerprint density at radius 2 is 1.92 bits per heavy atom. The van der Waals surface area contributed by atoms with Crippen LogP contribution in [0.25, 0.3) is 11.5 Å². The molecule has 0 saturated carbocycles. The summed E-state index contributed by atoms with van der Waals surface area (Å²) >= 11 is 0. The Kier molecular flexibility index (Phi) is 5.07. The zero-order valence-corrected chi connectivity index (χ0v) is 14.5. The zero-order valence-electron chi connectivity index (χ0n) is 14.5. The summed E-state index contributed by atoms with van der Waals surface area (Å²) in [4.78, 5) is 16.6. The highest BCUT2D eigenvalue weighted by atomic mass is 16.5. The van der Waals surface area contributed by atoms with E-state index in [9.17, 15) is 4.79 Å². The highest BCUT2D eigenvalue weighted by molar-refractivity contribution is 5.92. The summed E-state index contributed by atoms with van der Waals surface area (Å²) in [6.07, 6.45) is 1.32. The van der Waals surface area contributed by atoms with Crippen LogP contribution in [-0.4, -0.2) is 25.1 Å². The number of ether oxygens (including phenoxy) is 2. The van der Waals surface area contributed by atoms with Crippen molar-refractivity contribution in [2.24, 2.45) is 0 Å². The molecule has 1 heterocycles. The second kappa shape index (κ2) is 7.60. The molecule has 0 unspecified atom stereocenters. The van der Waals surface area contributed by atoms with Crippen molar-refractivity contribution in [3.05, 3.63) is 60.0 Å². The van der Waals surface area contributed by atoms with E-state index in [1.165, 1.54) is 6.26 Å². The van der Waals surface area contributed by atoms with E-state index in [1.807, 2.05) is 12.1 Å². The van der Waals surface area contributed by atoms with E-state index in [2.05, 4.69) is 10.3 Å². The molecule has 0 aliphatic heterocycles. The Balaban J connectivity index is 1.71. The van der Waals surface area contributed by atoms with Crippen LogP contribution in [0, 0.1) is 0 Å². The Morgan fingerprint density at radius 3 is 2.62 bits per heavy atom. The molecule has 0 aliphatic carbocycles. The third kappa shape index (κ3) is 3.61. The number of rotatable bonds is 6. The van der Waals surface area contributed by atoms with Crippen LogP contribution in [0.5, 0.6) is 11.5 Å². The van der Waals surface area contributed by atoms with Crippen LogP contribution in [0.2, 0.25) is 0 Å². The van der Waals surface area contributed by atoms with Gasteiger partial charge in [-0.3, -0.25) is 4.79 Å². The summed E-state index contributed by atoms with van der Waals surface area (Å²) in [7, 11) is 3.12. The van der Waals surface area contributed by atoms with Crippen molar-refractivity contribution in [3.8, 4) is 23.0 Å². The summed E-state index contributed by atoms with van der Waals surface area (Å²) < 4.78 is 16.0. The first kappa shape index (κ1) is 17.3. The first-order chi connectivity index (χ1) is 12.6. The van der Waals surface area contributed by atoms with Gasteiger partial charge < -0.3 is 24.9 Å². The summed E-state index contributed by atoms with van der Waals surface area (Å²) in [5.41, 5.74) is 8.04. The van der Waals surface area contributed by atoms with E-state index >= 15 is 0 Å². The van der Waals surface area contributed by atoms with Gasteiger partial charge in [-0.25, -0.2) is 4.98 Å². The van der Waals surface area contributed by atoms with Crippen molar-refractivity contribution in [2.75, 3.05) is 20.0 Å². The lowest BCUT2D eigenvalue weighted by Crippen LogP contribution is -2.23. The maximum absolute atomic E-state index is 12.3. The van der Waals surface area contributed by atoms with Crippen LogP contribution >= 0.6 is 0 Å². The number of aromatic nitrogens is 1. The average Bonchev–Trinajstić information content (AvgIpc) is 3.16. The highest BCUT2D eigenvalue weighted by Gasteiger charge is 2.15. The molecular weight excluding hydrogens is 334 g/mol. The van der Waals surface area contributed by atoms with Crippen molar-refractivity contribution in [3.63, 3.8) is 0 Å². The van der Waals surface area contributed by atoms with Crippen LogP contribution in [0.15, 0.2) is 53.1 Å². The molecule has 0 aliphatic rings. The lowest BCUT2D eigenvalue weighted by Gasteiger charge is -2.12. The minimum absolute atomic E-state index is 0.193. The van der Waals surface area contributed by atoms with Crippen molar-refractivity contribution in [1.29, 1.82) is 0 Å². The van der Waals surface area contributed by atoms with Crippen molar-refractivity contribution < 1.29 is 18.7 Å². The van der Waals surface area contributed by atoms with Gasteiger partial charge >= 0.3 is 0 Å². The molecule has 3 aromatic rings. The van der Waals surface area contributed by atoms with Crippen LogP contribution in [0.3, 0.4) is 0 Å². The normalized spacial score (nSPS) is 10.4. The number of nitrogens with zero attached hydrogens (tertiary/aromatic N) is 1. The van der Waals surface area contributed by atoms with Gasteiger partial charge in [-0.2, -0.15) is 0 Å². The van der Waals surface area contributed by atoms with Crippen LogP contribution in [0.1, 0.15) is 16.1 Å². The van der Waals surface area contributed by atoms with Gasteiger partial charge in [0.1, 0.15) is 6.26 Å². The first-order valence-corrected chi connectivity index (χ1v) is 7.92. The number of methoxy groups -OCH3 is 2. The molecule has 0 bridgehead atoms. The molecule has 0 saturated heterocycles. The van der Waals surface area contributed by atoms with Crippen molar-refractivity contribution >= 4 is 11.6 Å². The quantitative estimate of drug-likeness (QED) is 0.661. The third-order valence-electron chi connectivity index (χ3n) is 3.82. The molecule has 7 nitrogen and oxygen atoms in total. The van der Waals surface area contributed by atoms with Crippen LogP contribution in [-0.2, 0) is 6.54 Å². The predicted octanol–water partition coefficient (Wildman–Crippen LogP) is 2.87. The molecule has 26 heavy (non-hydrogen) atoms. The summed E-state index contributed by atoms with van der Waals surface area (Å²) in [5, 5.41) is 2.80. The fourth-order valence-corrected chi connectivity index (χ4v) is 2.50. The number of nitrogens with two attached hydrogens (primary N) is 1. The summed E-state index contributed by atoms with van der Waals surface area (Å²) in [6.45, 7) is 0.267. The zero-order chi connectivity index (χ0) is 18.5. The molecule has 0 spiro atoms. The maximum Gasteiger partial charge on any atom is 0.273 e. The maximum atomic E-state index is 12.3. The number of carbonyl (C=O) groups is 1. The van der Waals surface area contributed by atoms with Gasteiger partial charge in [-0.1, -0.05) is 12.1 Å². The molecule has 0 atom stereocenters. The second-order valence-corrected chi connectivity index (χ2v) is 5.50. The number of hydrogen-bond acceptors (Lipinski definition) is 6. The van der Waals surface area contributed by atoms with Gasteiger partial charge in [0.2, 0.25) is 5.89 Å². The fourth-order valence-electron chi connectivity index (χ4n) is 2.50. The Labute approximate surface area is 150 Å². The second-order valence-electron chi connectivity index (χ2n) is 5.50. The number of nitrogens with one attached hydrogen (secondary N) is 1. The molecule has 1 aromatic heterocycles. The molecule has 134 valence electrons. The van der Waals surface area contributed by atoms with Crippen molar-refractivity contribution in [2.45, 2.75) is 6.54 Å². The Morgan fingerprint density at radius 1 is 1.15 bits per heavy atom. The number of carbonyl (C=O) groups excluding carboxylic acids is 1. The minimum atomic E-state index is -0.347. The highest BCUT2D eigenvalue weighted by Crippen LogP contribution is 2.30. The van der Waals surface area contributed by atoms with E-state index in [0.717, 1.165) is 11.1 Å². The van der Waals surface area contributed by atoms with Gasteiger partial charge in [-0.15, -0.1) is 0 Å². The average molecular weight is 353 g/mol. The monoisotopic (exact) mass is 353 g/mol. The summed E-state index contributed by atoms with van der Waals surface area (Å²) in [5.74, 6) is 1.19. The molecule has 0 radical (unpaired) electrons. The molecule has 1 amide bonds. The third-order valence-corrected chi connectivity index (χ3v) is 3.82. The number of para-hydroxylation sites is 1. The number of hydrogen-bond donors (Lipinski definition) is 2.